The van der Waals surface area contributed by atoms with E-state index >= 15 is 0 Å². The van der Waals surface area contributed by atoms with Crippen molar-refractivity contribution in [3.63, 3.8) is 0 Å². The number of carbonyl (C=O) groups is 2. The van der Waals surface area contributed by atoms with Crippen molar-refractivity contribution < 1.29 is 28.2 Å². The Hall–Kier alpha value is -3.42. The first-order chi connectivity index (χ1) is 14.3. The number of aryl methyl sites for hydroxylation is 2. The maximum atomic E-state index is 12.5. The van der Waals surface area contributed by atoms with E-state index < -0.39 is 12.1 Å². The van der Waals surface area contributed by atoms with E-state index in [9.17, 15) is 9.59 Å². The predicted octanol–water partition coefficient (Wildman–Crippen LogP) is 3.00. The highest BCUT2D eigenvalue weighted by molar-refractivity contribution is 5.95. The van der Waals surface area contributed by atoms with E-state index in [1.807, 2.05) is 31.2 Å². The molecule has 2 aromatic heterocycles. The number of furan rings is 1. The zero-order valence-electron chi connectivity index (χ0n) is 17.8. The van der Waals surface area contributed by atoms with Crippen LogP contribution in [0.15, 0.2) is 34.7 Å². The molecule has 30 heavy (non-hydrogen) atoms. The zero-order chi connectivity index (χ0) is 21.8. The molecule has 1 amide bonds. The minimum atomic E-state index is -0.925. The Morgan fingerprint density at radius 2 is 1.87 bits per heavy atom. The average molecular weight is 414 g/mol. The smallest absolute Gasteiger partial charge is 0.355 e. The van der Waals surface area contributed by atoms with E-state index in [0.29, 0.717) is 35.7 Å². The summed E-state index contributed by atoms with van der Waals surface area (Å²) in [6.07, 6.45) is -0.328. The SMILES string of the molecule is COc1ccc(CCNC(=O)C(C)OC(=O)c2cc3oc(C)cc3n2C)cc1OC. The molecule has 0 radical (unpaired) electrons. The number of hydrogen-bond acceptors (Lipinski definition) is 6. The Labute approximate surface area is 174 Å². The minimum Gasteiger partial charge on any atom is -0.493 e. The summed E-state index contributed by atoms with van der Waals surface area (Å²) in [6, 6.07) is 9.05. The molecule has 1 atom stereocenters. The van der Waals surface area contributed by atoms with Gasteiger partial charge in [0.15, 0.2) is 23.2 Å². The van der Waals surface area contributed by atoms with Crippen LogP contribution < -0.4 is 14.8 Å². The maximum absolute atomic E-state index is 12.5. The lowest BCUT2D eigenvalue weighted by molar-refractivity contribution is -0.129. The number of methoxy groups -OCH3 is 2. The van der Waals surface area contributed by atoms with Gasteiger partial charge >= 0.3 is 5.97 Å². The van der Waals surface area contributed by atoms with Crippen LogP contribution in [0.3, 0.4) is 0 Å². The van der Waals surface area contributed by atoms with Crippen molar-refractivity contribution in [2.24, 2.45) is 7.05 Å². The molecule has 0 aliphatic heterocycles. The number of nitrogens with zero attached hydrogens (tertiary/aromatic N) is 1. The van der Waals surface area contributed by atoms with Crippen LogP contribution in [-0.2, 0) is 23.0 Å². The summed E-state index contributed by atoms with van der Waals surface area (Å²) in [5.41, 5.74) is 2.72. The number of nitrogens with one attached hydrogen (secondary N) is 1. The molecule has 0 spiro atoms. The number of rotatable bonds is 8. The lowest BCUT2D eigenvalue weighted by Crippen LogP contribution is -2.37. The van der Waals surface area contributed by atoms with Crippen molar-refractivity contribution in [1.82, 2.24) is 9.88 Å². The van der Waals surface area contributed by atoms with E-state index in [1.54, 1.807) is 38.8 Å². The number of benzene rings is 1. The number of amides is 1. The topological polar surface area (TPSA) is 91.9 Å². The lowest BCUT2D eigenvalue weighted by Gasteiger charge is -2.14. The van der Waals surface area contributed by atoms with Gasteiger partial charge < -0.3 is 28.5 Å². The van der Waals surface area contributed by atoms with Gasteiger partial charge in [-0.15, -0.1) is 0 Å². The second-order valence-electron chi connectivity index (χ2n) is 6.97. The largest absolute Gasteiger partial charge is 0.493 e. The number of ether oxygens (including phenoxy) is 3. The molecular formula is C22H26N2O6. The molecule has 0 aliphatic rings. The molecule has 2 heterocycles. The summed E-state index contributed by atoms with van der Waals surface area (Å²) in [4.78, 5) is 24.8. The fraction of sp³-hybridized carbons (Fsp3) is 0.364. The van der Waals surface area contributed by atoms with Crippen LogP contribution in [-0.4, -0.2) is 43.3 Å². The fourth-order valence-corrected chi connectivity index (χ4v) is 3.22. The number of carbonyl (C=O) groups excluding carboxylic acids is 2. The minimum absolute atomic E-state index is 0.328. The molecule has 160 valence electrons. The van der Waals surface area contributed by atoms with E-state index in [2.05, 4.69) is 5.32 Å². The molecule has 0 saturated carbocycles. The van der Waals surface area contributed by atoms with Gasteiger partial charge in [0, 0.05) is 25.7 Å². The average Bonchev–Trinajstić information content (AvgIpc) is 3.24. The third-order valence-electron chi connectivity index (χ3n) is 4.88. The zero-order valence-corrected chi connectivity index (χ0v) is 17.8. The molecule has 1 aromatic carbocycles. The molecular weight excluding hydrogens is 388 g/mol. The van der Waals surface area contributed by atoms with Crippen molar-refractivity contribution in [3.8, 4) is 11.5 Å². The normalized spacial score (nSPS) is 11.9. The van der Waals surface area contributed by atoms with Crippen LogP contribution in [0.1, 0.15) is 28.7 Å². The van der Waals surface area contributed by atoms with Gasteiger partial charge in [-0.1, -0.05) is 6.07 Å². The van der Waals surface area contributed by atoms with Gasteiger partial charge in [-0.25, -0.2) is 4.79 Å². The number of esters is 1. The van der Waals surface area contributed by atoms with Gasteiger partial charge in [0.2, 0.25) is 0 Å². The molecule has 0 bridgehead atoms. The number of hydrogen-bond donors (Lipinski definition) is 1. The molecule has 1 N–H and O–H groups in total. The first kappa shape index (κ1) is 21.3. The van der Waals surface area contributed by atoms with Crippen LogP contribution in [0.25, 0.3) is 11.1 Å². The Balaban J connectivity index is 1.53. The molecule has 1 unspecified atom stereocenters. The fourth-order valence-electron chi connectivity index (χ4n) is 3.22. The van der Waals surface area contributed by atoms with Crippen molar-refractivity contribution >= 4 is 23.0 Å². The van der Waals surface area contributed by atoms with Crippen LogP contribution in [0, 0.1) is 6.92 Å². The lowest BCUT2D eigenvalue weighted by atomic mass is 10.1. The molecule has 3 rings (SSSR count). The van der Waals surface area contributed by atoms with Gasteiger partial charge in [0.05, 0.1) is 19.7 Å². The van der Waals surface area contributed by atoms with Crippen molar-refractivity contribution in [2.45, 2.75) is 26.4 Å². The Morgan fingerprint density at radius 1 is 1.13 bits per heavy atom. The van der Waals surface area contributed by atoms with E-state index in [0.717, 1.165) is 16.8 Å². The van der Waals surface area contributed by atoms with Crippen LogP contribution in [0.2, 0.25) is 0 Å². The monoisotopic (exact) mass is 414 g/mol. The summed E-state index contributed by atoms with van der Waals surface area (Å²) in [7, 11) is 4.90. The Kier molecular flexibility index (Phi) is 6.34. The summed E-state index contributed by atoms with van der Waals surface area (Å²) in [5.74, 6) is 1.10. The first-order valence-corrected chi connectivity index (χ1v) is 9.59. The summed E-state index contributed by atoms with van der Waals surface area (Å²) in [6.45, 7) is 3.78. The first-order valence-electron chi connectivity index (χ1n) is 9.59. The molecule has 0 aliphatic carbocycles. The van der Waals surface area contributed by atoms with E-state index in [-0.39, 0.29) is 5.91 Å². The van der Waals surface area contributed by atoms with Crippen molar-refractivity contribution in [2.75, 3.05) is 20.8 Å². The van der Waals surface area contributed by atoms with E-state index in [4.69, 9.17) is 18.6 Å². The molecule has 8 nitrogen and oxygen atoms in total. The number of fused-ring (bicyclic) bond motifs is 1. The van der Waals surface area contributed by atoms with Crippen LogP contribution in [0.4, 0.5) is 0 Å². The maximum Gasteiger partial charge on any atom is 0.355 e. The summed E-state index contributed by atoms with van der Waals surface area (Å²) >= 11 is 0. The summed E-state index contributed by atoms with van der Waals surface area (Å²) in [5, 5.41) is 2.78. The van der Waals surface area contributed by atoms with Gasteiger partial charge in [-0.2, -0.15) is 0 Å². The third kappa shape index (κ3) is 4.42. The Bertz CT molecular complexity index is 1070. The highest BCUT2D eigenvalue weighted by Crippen LogP contribution is 2.27. The Morgan fingerprint density at radius 3 is 2.53 bits per heavy atom. The molecule has 3 aromatic rings. The summed E-state index contributed by atoms with van der Waals surface area (Å²) < 4.78 is 23.0. The highest BCUT2D eigenvalue weighted by Gasteiger charge is 2.22. The van der Waals surface area contributed by atoms with E-state index in [1.165, 1.54) is 0 Å². The molecule has 0 saturated heterocycles. The van der Waals surface area contributed by atoms with Crippen molar-refractivity contribution in [3.05, 3.63) is 47.3 Å². The quantitative estimate of drug-likeness (QED) is 0.570. The van der Waals surface area contributed by atoms with Gasteiger partial charge in [0.25, 0.3) is 5.91 Å². The van der Waals surface area contributed by atoms with Gasteiger partial charge in [-0.3, -0.25) is 4.79 Å². The second kappa shape index (κ2) is 8.94. The standard InChI is InChI=1S/C22H26N2O6/c1-13-10-16-19(29-13)12-17(24(16)3)22(26)30-14(2)21(25)23-9-8-15-6-7-18(27-4)20(11-15)28-5/h6-7,10-12,14H,8-9H2,1-5H3,(H,23,25). The second-order valence-corrected chi connectivity index (χ2v) is 6.97. The highest BCUT2D eigenvalue weighted by atomic mass is 16.5. The van der Waals surface area contributed by atoms with Crippen molar-refractivity contribution in [1.29, 1.82) is 0 Å². The molecule has 8 heteroatoms. The molecule has 0 fully saturated rings. The predicted molar refractivity (Wildman–Crippen MR) is 111 cm³/mol. The number of aromatic nitrogens is 1. The van der Waals surface area contributed by atoms with Gasteiger partial charge in [0.1, 0.15) is 11.5 Å². The van der Waals surface area contributed by atoms with Gasteiger partial charge in [-0.05, 0) is 38.0 Å². The third-order valence-corrected chi connectivity index (χ3v) is 4.88. The van der Waals surface area contributed by atoms with Crippen LogP contribution >= 0.6 is 0 Å². The van der Waals surface area contributed by atoms with Crippen LogP contribution in [0.5, 0.6) is 11.5 Å².